The van der Waals surface area contributed by atoms with E-state index >= 15 is 0 Å². The molecule has 0 saturated carbocycles. The Morgan fingerprint density at radius 1 is 0.750 bits per heavy atom. The number of hydrogen-bond acceptors (Lipinski definition) is 8. The van der Waals surface area contributed by atoms with Crippen LogP contribution in [0.1, 0.15) is 0 Å². The molecule has 0 aromatic heterocycles. The van der Waals surface area contributed by atoms with E-state index in [1.165, 1.54) is 30.3 Å². The molecule has 0 aliphatic carbocycles. The van der Waals surface area contributed by atoms with Crippen LogP contribution in [0.25, 0.3) is 21.5 Å². The van der Waals surface area contributed by atoms with Crippen molar-refractivity contribution in [1.29, 1.82) is 0 Å². The minimum absolute atomic E-state index is 0. The van der Waals surface area contributed by atoms with Crippen LogP contribution in [0.2, 0.25) is 0 Å². The number of azo groups is 1. The van der Waals surface area contributed by atoms with Crippen molar-refractivity contribution in [1.82, 2.24) is 0 Å². The normalized spacial score (nSPS) is 12.3. The molecule has 0 amide bonds. The van der Waals surface area contributed by atoms with Gasteiger partial charge in [0.25, 0.3) is 10.1 Å². The molecule has 32 heavy (non-hydrogen) atoms. The van der Waals surface area contributed by atoms with Gasteiger partial charge in [0.15, 0.2) is 0 Å². The maximum absolute atomic E-state index is 12.3. The molecule has 0 fully saturated rings. The van der Waals surface area contributed by atoms with Gasteiger partial charge in [0.1, 0.15) is 20.7 Å². The van der Waals surface area contributed by atoms with Crippen molar-refractivity contribution in [2.75, 3.05) is 0 Å². The monoisotopic (exact) mass is 594 g/mol. The van der Waals surface area contributed by atoms with E-state index in [2.05, 4.69) is 10.2 Å². The first-order chi connectivity index (χ1) is 14.6. The van der Waals surface area contributed by atoms with Gasteiger partial charge in [-0.25, -0.2) is 8.42 Å². The van der Waals surface area contributed by atoms with Gasteiger partial charge in [-0.2, -0.15) is 13.5 Å². The quantitative estimate of drug-likeness (QED) is 0.216. The van der Waals surface area contributed by atoms with Crippen LogP contribution in [0, 0.1) is 0 Å². The topological polar surface area (TPSA) is 159 Å². The average Bonchev–Trinajstić information content (AvgIpc) is 2.70. The largest absolute Gasteiger partial charge is 2.00 e. The fraction of sp³-hybridized carbons (Fsp3) is 0. The summed E-state index contributed by atoms with van der Waals surface area (Å²) in [6.45, 7) is 0. The van der Waals surface area contributed by atoms with E-state index in [9.17, 15) is 31.0 Å². The summed E-state index contributed by atoms with van der Waals surface area (Å²) >= 11 is 0. The second kappa shape index (κ2) is 9.21. The number of rotatable bonds is 4. The molecule has 158 valence electrons. The van der Waals surface area contributed by atoms with Crippen molar-refractivity contribution in [2.45, 2.75) is 9.79 Å². The average molecular weight is 594 g/mol. The molecule has 0 atom stereocenters. The van der Waals surface area contributed by atoms with Crippen molar-refractivity contribution in [3.05, 3.63) is 66.7 Å². The third-order valence-corrected chi connectivity index (χ3v) is 6.55. The molecule has 4 rings (SSSR count). The zero-order chi connectivity index (χ0) is 22.4. The van der Waals surface area contributed by atoms with Crippen LogP contribution in [0.5, 0.6) is 5.75 Å². The van der Waals surface area contributed by atoms with Crippen molar-refractivity contribution in [3.63, 3.8) is 0 Å². The van der Waals surface area contributed by atoms with Crippen LogP contribution in [-0.4, -0.2) is 74.8 Å². The summed E-state index contributed by atoms with van der Waals surface area (Å²) in [6, 6.07) is 16.4. The third kappa shape index (κ3) is 4.76. The van der Waals surface area contributed by atoms with Gasteiger partial charge in [0.2, 0.25) is 0 Å². The molecule has 0 aliphatic rings. The molecular formula is C20H12BaN2O7S2. The van der Waals surface area contributed by atoms with Crippen LogP contribution in [0.4, 0.5) is 11.4 Å². The molecule has 0 radical (unpaired) electrons. The maximum Gasteiger partial charge on any atom is 2.00 e. The van der Waals surface area contributed by atoms with E-state index in [-0.39, 0.29) is 65.3 Å². The Balaban J connectivity index is 0.00000289. The van der Waals surface area contributed by atoms with E-state index in [1.54, 1.807) is 30.3 Å². The van der Waals surface area contributed by atoms with Gasteiger partial charge >= 0.3 is 48.9 Å². The van der Waals surface area contributed by atoms with Gasteiger partial charge in [-0.15, -0.1) is 5.11 Å². The minimum atomic E-state index is -5.34. The van der Waals surface area contributed by atoms with E-state index in [1.807, 2.05) is 0 Å². The predicted molar refractivity (Wildman–Crippen MR) is 115 cm³/mol. The molecule has 0 saturated heterocycles. The fourth-order valence-corrected chi connectivity index (χ4v) is 5.41. The second-order valence-corrected chi connectivity index (χ2v) is 9.21. The minimum Gasteiger partial charge on any atom is -0.871 e. The van der Waals surface area contributed by atoms with Crippen molar-refractivity contribution < 1.29 is 31.0 Å². The second-order valence-electron chi connectivity index (χ2n) is 6.54. The van der Waals surface area contributed by atoms with Gasteiger partial charge in [0.05, 0.1) is 10.6 Å². The van der Waals surface area contributed by atoms with Gasteiger partial charge in [0, 0.05) is 10.8 Å². The molecule has 0 heterocycles. The molecule has 9 nitrogen and oxygen atoms in total. The number of fused-ring (bicyclic) bond motifs is 2. The Hall–Kier alpha value is -1.81. The Morgan fingerprint density at radius 3 is 1.97 bits per heavy atom. The first-order valence-electron chi connectivity index (χ1n) is 8.67. The van der Waals surface area contributed by atoms with E-state index in [0.717, 1.165) is 6.07 Å². The molecule has 0 unspecified atom stereocenters. The van der Waals surface area contributed by atoms with Gasteiger partial charge < -0.3 is 9.66 Å². The Morgan fingerprint density at radius 2 is 1.34 bits per heavy atom. The summed E-state index contributed by atoms with van der Waals surface area (Å²) < 4.78 is 69.5. The van der Waals surface area contributed by atoms with Crippen LogP contribution in [0.15, 0.2) is 86.7 Å². The Bertz CT molecular complexity index is 1600. The zero-order valence-corrected chi connectivity index (χ0v) is 22.2. The van der Waals surface area contributed by atoms with Gasteiger partial charge in [-0.1, -0.05) is 66.4 Å². The fourth-order valence-electron chi connectivity index (χ4n) is 3.30. The maximum atomic E-state index is 12.3. The first kappa shape index (κ1) is 24.8. The molecule has 4 aromatic rings. The summed E-state index contributed by atoms with van der Waals surface area (Å²) in [5.74, 6) is -0.506. The van der Waals surface area contributed by atoms with Crippen LogP contribution in [0.3, 0.4) is 0 Å². The van der Waals surface area contributed by atoms with Crippen LogP contribution in [-0.2, 0) is 20.2 Å². The standard InChI is InChI=1S/C20H14N2O7S2.Ba/c23-17-10-9-12-5-1-3-7-14(12)18(17)22-21-16-11-13-6-2-4-8-15(13)19(30(24,25)26)20(16)31(27,28)29;/h1-11,23H,(H,24,25,26)(H,27,28,29);/q;+2/p-2. The molecule has 4 aromatic carbocycles. The molecule has 1 N–H and O–H groups in total. The van der Waals surface area contributed by atoms with Gasteiger partial charge in [-0.05, 0) is 16.8 Å². The molecule has 0 aliphatic heterocycles. The summed E-state index contributed by atoms with van der Waals surface area (Å²) in [6.07, 6.45) is 0. The van der Waals surface area contributed by atoms with E-state index in [0.29, 0.717) is 10.8 Å². The zero-order valence-electron chi connectivity index (χ0n) is 16.2. The van der Waals surface area contributed by atoms with E-state index in [4.69, 9.17) is 0 Å². The predicted octanol–water partition coefficient (Wildman–Crippen LogP) is 3.25. The Kier molecular flexibility index (Phi) is 7.14. The Labute approximate surface area is 223 Å². The smallest absolute Gasteiger partial charge is 0.871 e. The SMILES string of the molecule is O=S(=O)([O-])c1c(S(=O)(=O)O)c(N=Nc2c([O-])ccc3ccccc23)cc2ccccc12.[Ba+2]. The molecule has 0 spiro atoms. The molecule has 12 heteroatoms. The van der Waals surface area contributed by atoms with Crippen LogP contribution < -0.4 is 5.11 Å². The molecular weight excluding hydrogens is 582 g/mol. The van der Waals surface area contributed by atoms with Crippen molar-refractivity contribution >= 4 is 102 Å². The van der Waals surface area contributed by atoms with Gasteiger partial charge in [-0.3, -0.25) is 4.55 Å². The summed E-state index contributed by atoms with van der Waals surface area (Å²) in [5, 5.41) is 21.0. The number of benzene rings is 4. The third-order valence-electron chi connectivity index (χ3n) is 4.57. The summed E-state index contributed by atoms with van der Waals surface area (Å²) in [4.78, 5) is -2.33. The van der Waals surface area contributed by atoms with E-state index < -0.39 is 41.5 Å². The number of hydrogen-bond donors (Lipinski definition) is 1. The van der Waals surface area contributed by atoms with Crippen molar-refractivity contribution in [3.8, 4) is 5.75 Å². The van der Waals surface area contributed by atoms with Crippen molar-refractivity contribution in [2.24, 2.45) is 10.2 Å². The number of nitrogens with zero attached hydrogens (tertiary/aromatic N) is 2. The summed E-state index contributed by atoms with van der Waals surface area (Å²) in [7, 11) is -10.6. The molecule has 0 bridgehead atoms. The first-order valence-corrected chi connectivity index (χ1v) is 11.5. The summed E-state index contributed by atoms with van der Waals surface area (Å²) in [5.41, 5.74) is -0.706. The van der Waals surface area contributed by atoms with Crippen LogP contribution >= 0.6 is 0 Å².